The zero-order valence-electron chi connectivity index (χ0n) is 9.56. The molecule has 0 amide bonds. The Morgan fingerprint density at radius 2 is 1.53 bits per heavy atom. The van der Waals surface area contributed by atoms with Crippen LogP contribution < -0.4 is 0 Å². The van der Waals surface area contributed by atoms with Gasteiger partial charge >= 0.3 is 76.5 Å². The van der Waals surface area contributed by atoms with Crippen LogP contribution in [0.5, 0.6) is 0 Å². The van der Waals surface area contributed by atoms with Gasteiger partial charge in [0.2, 0.25) is 0 Å². The summed E-state index contributed by atoms with van der Waals surface area (Å²) < 4.78 is 23.9. The molecule has 0 aromatic rings. The normalized spacial score (nSPS) is 9.67. The van der Waals surface area contributed by atoms with E-state index in [1.54, 1.807) is 0 Å². The van der Waals surface area contributed by atoms with Gasteiger partial charge < -0.3 is 5.11 Å². The van der Waals surface area contributed by atoms with E-state index in [2.05, 4.69) is 6.92 Å². The summed E-state index contributed by atoms with van der Waals surface area (Å²) in [5.41, 5.74) is 0. The van der Waals surface area contributed by atoms with Gasteiger partial charge in [-0.1, -0.05) is 0 Å². The molecule has 0 aromatic carbocycles. The first kappa shape index (κ1) is 17.5. The van der Waals surface area contributed by atoms with Gasteiger partial charge in [-0.15, -0.1) is 0 Å². The summed E-state index contributed by atoms with van der Waals surface area (Å²) in [6.07, 6.45) is 6.69. The molecule has 0 saturated heterocycles. The van der Waals surface area contributed by atoms with Gasteiger partial charge in [-0.3, -0.25) is 4.79 Å². The Hall–Kier alpha value is 0.129. The SMILES string of the molecule is CC(=O)O.CCCCCCC[CH2][Sn]([F])[F]. The van der Waals surface area contributed by atoms with Crippen molar-refractivity contribution in [2.75, 3.05) is 0 Å². The zero-order chi connectivity index (χ0) is 12.1. The molecule has 0 bridgehead atoms. The first-order valence-electron chi connectivity index (χ1n) is 5.37. The molecule has 0 fully saturated rings. The molecule has 1 N–H and O–H groups in total. The number of rotatable bonds is 7. The molecule has 0 aliphatic carbocycles. The quantitative estimate of drug-likeness (QED) is 0.568. The van der Waals surface area contributed by atoms with E-state index in [1.807, 2.05) is 0 Å². The predicted molar refractivity (Wildman–Crippen MR) is 59.5 cm³/mol. The number of carboxylic acid groups (broad SMARTS) is 1. The Labute approximate surface area is 99.4 Å². The number of unbranched alkanes of at least 4 members (excludes halogenated alkanes) is 5. The van der Waals surface area contributed by atoms with E-state index in [1.165, 1.54) is 19.3 Å². The van der Waals surface area contributed by atoms with Crippen LogP contribution in [-0.4, -0.2) is 32.0 Å². The van der Waals surface area contributed by atoms with E-state index >= 15 is 0 Å². The zero-order valence-corrected chi connectivity index (χ0v) is 12.4. The van der Waals surface area contributed by atoms with Crippen molar-refractivity contribution >= 4 is 26.9 Å². The summed E-state index contributed by atoms with van der Waals surface area (Å²) in [5.74, 6) is -0.833. The molecule has 0 spiro atoms. The van der Waals surface area contributed by atoms with Crippen molar-refractivity contribution in [3.05, 3.63) is 0 Å². The van der Waals surface area contributed by atoms with Crippen LogP contribution in [0.25, 0.3) is 0 Å². The molecule has 5 heteroatoms. The molecule has 1 radical (unpaired) electrons. The Morgan fingerprint density at radius 3 is 1.93 bits per heavy atom. The van der Waals surface area contributed by atoms with Crippen LogP contribution in [0.3, 0.4) is 0 Å². The fraction of sp³-hybridized carbons (Fsp3) is 0.900. The Bertz CT molecular complexity index is 139. The van der Waals surface area contributed by atoms with Crippen LogP contribution in [0.4, 0.5) is 5.73 Å². The van der Waals surface area contributed by atoms with Crippen molar-refractivity contribution in [3.63, 3.8) is 0 Å². The summed E-state index contributed by atoms with van der Waals surface area (Å²) in [4.78, 5) is 9.00. The van der Waals surface area contributed by atoms with Gasteiger partial charge in [0.05, 0.1) is 0 Å². The van der Waals surface area contributed by atoms with Crippen LogP contribution in [0.15, 0.2) is 0 Å². The van der Waals surface area contributed by atoms with E-state index in [4.69, 9.17) is 9.90 Å². The fourth-order valence-electron chi connectivity index (χ4n) is 1.04. The van der Waals surface area contributed by atoms with Gasteiger partial charge in [0.25, 0.3) is 5.97 Å². The Kier molecular flexibility index (Phi) is 16.5. The molecule has 15 heavy (non-hydrogen) atoms. The number of aliphatic carboxylic acids is 1. The summed E-state index contributed by atoms with van der Waals surface area (Å²) in [6, 6.07) is 0. The van der Waals surface area contributed by atoms with E-state index in [-0.39, 0.29) is 4.44 Å². The Morgan fingerprint density at radius 1 is 1.13 bits per heavy atom. The monoisotopic (exact) mass is 331 g/mol. The maximum atomic E-state index is 11.8. The molecule has 0 aliphatic heterocycles. The van der Waals surface area contributed by atoms with Crippen molar-refractivity contribution < 1.29 is 15.6 Å². The van der Waals surface area contributed by atoms with Crippen LogP contribution in [0.1, 0.15) is 52.4 Å². The molecule has 0 aliphatic rings. The second kappa shape index (κ2) is 14.1. The van der Waals surface area contributed by atoms with Crippen LogP contribution >= 0.6 is 0 Å². The fourth-order valence-corrected chi connectivity index (χ4v) is 2.52. The molecule has 2 nitrogen and oxygen atoms in total. The number of carboxylic acids is 1. The van der Waals surface area contributed by atoms with E-state index in [0.29, 0.717) is 0 Å². The molecule has 0 rings (SSSR count). The van der Waals surface area contributed by atoms with Gasteiger partial charge in [0, 0.05) is 6.92 Å². The van der Waals surface area contributed by atoms with E-state index < -0.39 is 26.9 Å². The molecule has 0 atom stereocenters. The second-order valence-corrected chi connectivity index (χ2v) is 6.74. The van der Waals surface area contributed by atoms with Crippen LogP contribution in [-0.2, 0) is 4.79 Å². The third-order valence-electron chi connectivity index (χ3n) is 1.72. The molecule has 0 saturated carbocycles. The summed E-state index contributed by atoms with van der Waals surface area (Å²) in [7, 11) is 0. The number of hydrogen-bond donors (Lipinski definition) is 1. The molecular formula is C10H21F2O2Sn. The first-order chi connectivity index (χ1) is 7.00. The van der Waals surface area contributed by atoms with Gasteiger partial charge in [0.1, 0.15) is 0 Å². The predicted octanol–water partition coefficient (Wildman–Crippen LogP) is 3.87. The Balaban J connectivity index is 0. The maximum absolute atomic E-state index is 11.8. The standard InChI is InChI=1S/C8H17.C2H4O2.2FH.Sn/c1-3-5-7-8-6-4-2;1-2(3)4;;;/h1,3-8H2,2H3;1H3,(H,3,4);2*1H;/q;;;;+2/p-2. The average Bonchev–Trinajstić information content (AvgIpc) is 2.09. The molecule has 0 aromatic heterocycles. The van der Waals surface area contributed by atoms with Crippen LogP contribution in [0, 0.1) is 0 Å². The average molecular weight is 330 g/mol. The van der Waals surface area contributed by atoms with Gasteiger partial charge in [-0.05, 0) is 0 Å². The third kappa shape index (κ3) is 31.5. The molecule has 91 valence electrons. The van der Waals surface area contributed by atoms with E-state index in [9.17, 15) is 5.73 Å². The minimum atomic E-state index is -3.70. The summed E-state index contributed by atoms with van der Waals surface area (Å²) in [6.45, 7) is 3.24. The third-order valence-corrected chi connectivity index (χ3v) is 3.81. The molecular weight excluding hydrogens is 309 g/mol. The molecule has 0 heterocycles. The summed E-state index contributed by atoms with van der Waals surface area (Å²) in [5, 5.41) is 7.42. The topological polar surface area (TPSA) is 37.3 Å². The van der Waals surface area contributed by atoms with Crippen molar-refractivity contribution in [2.45, 2.75) is 56.8 Å². The van der Waals surface area contributed by atoms with Crippen molar-refractivity contribution in [2.24, 2.45) is 0 Å². The van der Waals surface area contributed by atoms with Gasteiger partial charge in [-0.2, -0.15) is 0 Å². The van der Waals surface area contributed by atoms with Gasteiger partial charge in [-0.25, -0.2) is 0 Å². The van der Waals surface area contributed by atoms with Crippen LogP contribution in [0.2, 0.25) is 4.44 Å². The van der Waals surface area contributed by atoms with Crippen molar-refractivity contribution in [3.8, 4) is 0 Å². The molecule has 0 unspecified atom stereocenters. The minimum absolute atomic E-state index is 0.286. The second-order valence-electron chi connectivity index (χ2n) is 3.38. The number of carbonyl (C=O) groups is 1. The summed E-state index contributed by atoms with van der Waals surface area (Å²) >= 11 is -3.70. The van der Waals surface area contributed by atoms with Crippen molar-refractivity contribution in [1.29, 1.82) is 0 Å². The number of hydrogen-bond acceptors (Lipinski definition) is 1. The first-order valence-corrected chi connectivity index (χ1v) is 9.54. The number of halogens is 2. The van der Waals surface area contributed by atoms with Gasteiger partial charge in [0.15, 0.2) is 0 Å². The van der Waals surface area contributed by atoms with Crippen molar-refractivity contribution in [1.82, 2.24) is 0 Å². The van der Waals surface area contributed by atoms with E-state index in [0.717, 1.165) is 26.2 Å².